The predicted molar refractivity (Wildman–Crippen MR) is 69.5 cm³/mol. The third kappa shape index (κ3) is 5.03. The van der Waals surface area contributed by atoms with Crippen LogP contribution in [0.1, 0.15) is 18.5 Å². The number of pyridine rings is 1. The fraction of sp³-hybridized carbons (Fsp3) is 0.417. The summed E-state index contributed by atoms with van der Waals surface area (Å²) < 4.78 is 11.4. The van der Waals surface area contributed by atoms with Crippen LogP contribution in [-0.2, 0) is 20.6 Å². The monoisotopic (exact) mass is 300 g/mol. The molecule has 1 heterocycles. The molecule has 0 spiro atoms. The van der Waals surface area contributed by atoms with Gasteiger partial charge in [0.25, 0.3) is 0 Å². The molecule has 0 radical (unpaired) electrons. The third-order valence-corrected chi connectivity index (χ3v) is 3.99. The lowest BCUT2D eigenvalue weighted by atomic mass is 9.96. The minimum atomic E-state index is -2.75. The minimum absolute atomic E-state index is 0.0170. The van der Waals surface area contributed by atoms with Crippen LogP contribution >= 0.6 is 8.03 Å². The van der Waals surface area contributed by atoms with Gasteiger partial charge in [-0.1, -0.05) is 6.07 Å². The molecule has 3 unspecified atom stereocenters. The standard InChI is InChI=1S/C12H14NO6P/c14-11(15)5-4-9(12(16)17)10(20(18)19)7-8-3-1-2-6-13-8/h1-3,6,9-10H,4-5,7H2,(H2-,14,15,16,17,18,19)/p+1. The molecule has 108 valence electrons. The van der Waals surface area contributed by atoms with Crippen LogP contribution in [0.25, 0.3) is 0 Å². The first-order valence-electron chi connectivity index (χ1n) is 5.91. The quantitative estimate of drug-likeness (QED) is 0.618. The lowest BCUT2D eigenvalue weighted by molar-refractivity contribution is -0.143. The Kier molecular flexibility index (Phi) is 6.21. The van der Waals surface area contributed by atoms with Crippen LogP contribution in [0, 0.1) is 5.92 Å². The normalized spacial score (nSPS) is 14.3. The Morgan fingerprint density at radius 2 is 2.00 bits per heavy atom. The van der Waals surface area contributed by atoms with Gasteiger partial charge in [-0.05, 0) is 23.1 Å². The molecule has 0 aromatic carbocycles. The van der Waals surface area contributed by atoms with E-state index in [1.165, 1.54) is 6.20 Å². The van der Waals surface area contributed by atoms with Crippen molar-refractivity contribution < 1.29 is 29.3 Å². The van der Waals surface area contributed by atoms with E-state index in [0.717, 1.165) is 0 Å². The van der Waals surface area contributed by atoms with E-state index in [9.17, 15) is 19.0 Å². The van der Waals surface area contributed by atoms with E-state index < -0.39 is 31.5 Å². The van der Waals surface area contributed by atoms with Crippen molar-refractivity contribution in [2.75, 3.05) is 0 Å². The Labute approximate surface area is 116 Å². The number of hydrogen-bond donors (Lipinski definition) is 3. The fourth-order valence-corrected chi connectivity index (χ4v) is 2.79. The van der Waals surface area contributed by atoms with Gasteiger partial charge in [0.2, 0.25) is 5.66 Å². The van der Waals surface area contributed by atoms with Gasteiger partial charge >= 0.3 is 20.0 Å². The molecule has 0 fully saturated rings. The van der Waals surface area contributed by atoms with E-state index >= 15 is 0 Å². The van der Waals surface area contributed by atoms with Gasteiger partial charge in [0.1, 0.15) is 5.92 Å². The number of aliphatic carboxylic acids is 2. The maximum absolute atomic E-state index is 11.4. The molecule has 3 N–H and O–H groups in total. The van der Waals surface area contributed by atoms with Crippen LogP contribution in [0.3, 0.4) is 0 Å². The average Bonchev–Trinajstić information content (AvgIpc) is 2.38. The zero-order chi connectivity index (χ0) is 15.1. The van der Waals surface area contributed by atoms with E-state index in [2.05, 4.69) is 4.98 Å². The Balaban J connectivity index is 2.88. The molecule has 0 aliphatic heterocycles. The van der Waals surface area contributed by atoms with Crippen LogP contribution in [0.5, 0.6) is 0 Å². The zero-order valence-electron chi connectivity index (χ0n) is 10.5. The lowest BCUT2D eigenvalue weighted by Gasteiger charge is -2.13. The van der Waals surface area contributed by atoms with Gasteiger partial charge < -0.3 is 10.2 Å². The highest BCUT2D eigenvalue weighted by Crippen LogP contribution is 2.34. The highest BCUT2D eigenvalue weighted by Gasteiger charge is 2.42. The molecule has 0 aliphatic rings. The topological polar surface area (TPSA) is 125 Å². The number of nitrogens with zero attached hydrogens (tertiary/aromatic N) is 1. The van der Waals surface area contributed by atoms with Gasteiger partial charge in [-0.2, -0.15) is 4.89 Å². The first kappa shape index (κ1) is 16.2. The van der Waals surface area contributed by atoms with Gasteiger partial charge in [0, 0.05) is 24.7 Å². The Morgan fingerprint density at radius 1 is 1.30 bits per heavy atom. The van der Waals surface area contributed by atoms with Crippen molar-refractivity contribution in [1.29, 1.82) is 0 Å². The summed E-state index contributed by atoms with van der Waals surface area (Å²) in [4.78, 5) is 35.0. The summed E-state index contributed by atoms with van der Waals surface area (Å²) >= 11 is 0. The largest absolute Gasteiger partial charge is 0.510 e. The second-order valence-corrected chi connectivity index (χ2v) is 5.54. The van der Waals surface area contributed by atoms with Crippen molar-refractivity contribution in [3.63, 3.8) is 0 Å². The summed E-state index contributed by atoms with van der Waals surface area (Å²) in [6.07, 6.45) is 0.968. The first-order chi connectivity index (χ1) is 9.41. The van der Waals surface area contributed by atoms with Gasteiger partial charge in [-0.25, -0.2) is 0 Å². The molecular weight excluding hydrogens is 285 g/mol. The third-order valence-electron chi connectivity index (χ3n) is 2.88. The van der Waals surface area contributed by atoms with Crippen LogP contribution in [-0.4, -0.2) is 37.7 Å². The van der Waals surface area contributed by atoms with E-state index in [1.54, 1.807) is 18.2 Å². The van der Waals surface area contributed by atoms with Crippen LogP contribution < -0.4 is 0 Å². The van der Waals surface area contributed by atoms with Crippen molar-refractivity contribution in [1.82, 2.24) is 4.98 Å². The van der Waals surface area contributed by atoms with E-state index in [-0.39, 0.29) is 19.3 Å². The zero-order valence-corrected chi connectivity index (χ0v) is 11.4. The molecule has 0 saturated carbocycles. The molecule has 1 aromatic rings. The summed E-state index contributed by atoms with van der Waals surface area (Å²) in [6, 6.07) is 5.00. The van der Waals surface area contributed by atoms with Crippen LogP contribution in [0.2, 0.25) is 0 Å². The average molecular weight is 300 g/mol. The van der Waals surface area contributed by atoms with Crippen LogP contribution in [0.4, 0.5) is 0 Å². The molecule has 1 rings (SSSR count). The van der Waals surface area contributed by atoms with Crippen molar-refractivity contribution >= 4 is 20.0 Å². The maximum atomic E-state index is 11.4. The second-order valence-electron chi connectivity index (χ2n) is 4.27. The number of rotatable bonds is 8. The summed E-state index contributed by atoms with van der Waals surface area (Å²) in [6.45, 7) is 0. The summed E-state index contributed by atoms with van der Waals surface area (Å²) in [5.41, 5.74) is -0.562. The number of carbonyl (C=O) groups is 2. The Morgan fingerprint density at radius 3 is 2.45 bits per heavy atom. The highest BCUT2D eigenvalue weighted by molar-refractivity contribution is 7.39. The first-order valence-corrected chi connectivity index (χ1v) is 7.19. The smallest absolute Gasteiger partial charge is 0.481 e. The van der Waals surface area contributed by atoms with Gasteiger partial charge in [0.15, 0.2) is 0 Å². The number of carboxylic acid groups (broad SMARTS) is 2. The molecule has 0 bridgehead atoms. The van der Waals surface area contributed by atoms with Crippen molar-refractivity contribution in [2.24, 2.45) is 5.92 Å². The van der Waals surface area contributed by atoms with Crippen molar-refractivity contribution in [3.05, 3.63) is 30.1 Å². The van der Waals surface area contributed by atoms with Crippen LogP contribution in [0.15, 0.2) is 24.4 Å². The number of hydrogen-bond acceptors (Lipinski definition) is 4. The predicted octanol–water partition coefficient (Wildman–Crippen LogP) is 1.29. The maximum Gasteiger partial charge on any atom is 0.510 e. The Bertz CT molecular complexity index is 492. The SMILES string of the molecule is O=C(O)CCC(C(=O)O)C(Cc1ccccn1)[P+](=O)O. The molecular formula is C12H15NO6P+. The molecule has 0 aliphatic carbocycles. The molecule has 0 amide bonds. The van der Waals surface area contributed by atoms with E-state index in [1.807, 2.05) is 0 Å². The van der Waals surface area contributed by atoms with Crippen molar-refractivity contribution in [2.45, 2.75) is 24.9 Å². The molecule has 1 aromatic heterocycles. The van der Waals surface area contributed by atoms with E-state index in [0.29, 0.717) is 5.69 Å². The van der Waals surface area contributed by atoms with E-state index in [4.69, 9.17) is 10.2 Å². The second kappa shape index (κ2) is 7.67. The van der Waals surface area contributed by atoms with Gasteiger partial charge in [0.05, 0.1) is 0 Å². The minimum Gasteiger partial charge on any atom is -0.481 e. The Hall–Kier alpha value is -1.85. The lowest BCUT2D eigenvalue weighted by Crippen LogP contribution is -2.28. The molecule has 20 heavy (non-hydrogen) atoms. The van der Waals surface area contributed by atoms with Gasteiger partial charge in [-0.3, -0.25) is 14.6 Å². The fourth-order valence-electron chi connectivity index (χ4n) is 1.87. The summed E-state index contributed by atoms with van der Waals surface area (Å²) in [5.74, 6) is -3.60. The summed E-state index contributed by atoms with van der Waals surface area (Å²) in [7, 11) is -2.75. The molecule has 0 saturated heterocycles. The van der Waals surface area contributed by atoms with Gasteiger partial charge in [-0.15, -0.1) is 0 Å². The molecule has 7 nitrogen and oxygen atoms in total. The molecule has 8 heteroatoms. The highest BCUT2D eigenvalue weighted by atomic mass is 31.1. The number of carboxylic acids is 2. The number of aromatic nitrogens is 1. The molecule has 3 atom stereocenters. The van der Waals surface area contributed by atoms with Crippen molar-refractivity contribution in [3.8, 4) is 0 Å². The summed E-state index contributed by atoms with van der Waals surface area (Å²) in [5, 5.41) is 17.7.